The summed E-state index contributed by atoms with van der Waals surface area (Å²) in [5.41, 5.74) is 4.52. The third-order valence-electron chi connectivity index (χ3n) is 9.81. The Morgan fingerprint density at radius 1 is 1.19 bits per heavy atom. The van der Waals surface area contributed by atoms with Crippen molar-refractivity contribution in [3.05, 3.63) is 70.6 Å². The van der Waals surface area contributed by atoms with E-state index in [4.69, 9.17) is 15.2 Å². The minimum absolute atomic E-state index is 0.0606. The third-order valence-corrected chi connectivity index (χ3v) is 9.81. The van der Waals surface area contributed by atoms with E-state index in [1.165, 1.54) is 0 Å². The number of dihydropyridines is 1. The van der Waals surface area contributed by atoms with Crippen LogP contribution in [0.2, 0.25) is 0 Å². The highest BCUT2D eigenvalue weighted by atomic mass is 16.7. The van der Waals surface area contributed by atoms with Crippen LogP contribution >= 0.6 is 0 Å². The summed E-state index contributed by atoms with van der Waals surface area (Å²) in [6.45, 7) is 9.20. The Morgan fingerprint density at radius 2 is 1.96 bits per heavy atom. The summed E-state index contributed by atoms with van der Waals surface area (Å²) in [6.07, 6.45) is 11.3. The molecular formula is C36H50N6O5. The molecule has 0 aromatic heterocycles. The third kappa shape index (κ3) is 6.60. The zero-order valence-corrected chi connectivity index (χ0v) is 28.2. The SMILES string of the molecule is CCCCC(CNCC)COC(=O)C12OC1(CC=C(C)CC1(C3=CCNC(N)=C3)CCCNC(=NC)N1)C(=O)c1ccccc1C2=O. The Morgan fingerprint density at radius 3 is 2.66 bits per heavy atom. The standard InChI is InChI=1S/C36H50N6O5/c1-5-7-11-25(22-39-6-2)23-46-32(45)36-31(44)28-13-9-8-12-27(28)30(43)35(36,47-36)17-14-24(3)21-34(26-15-19-40-29(37)20-26)16-10-18-41-33(38-4)42-34/h8-9,12-15,20,25,39-40H,5-7,10-11,16-19,21-23,37H2,1-4H3,(H2,38,41,42). The van der Waals surface area contributed by atoms with Gasteiger partial charge >= 0.3 is 5.97 Å². The molecule has 4 aliphatic rings. The van der Waals surface area contributed by atoms with Crippen molar-refractivity contribution in [3.63, 3.8) is 0 Å². The highest BCUT2D eigenvalue weighted by molar-refractivity contribution is 6.32. The second-order valence-electron chi connectivity index (χ2n) is 13.1. The average Bonchev–Trinajstić information content (AvgIpc) is 3.83. The number of Topliss-reactive ketones (excluding diaryl/α,β-unsaturated/α-hetero) is 2. The fourth-order valence-electron chi connectivity index (χ4n) is 7.19. The van der Waals surface area contributed by atoms with Crippen molar-refractivity contribution in [2.24, 2.45) is 16.6 Å². The molecule has 1 aliphatic carbocycles. The van der Waals surface area contributed by atoms with Crippen molar-refractivity contribution in [2.75, 3.05) is 39.8 Å². The molecule has 2 saturated heterocycles. The van der Waals surface area contributed by atoms with Crippen molar-refractivity contribution in [1.82, 2.24) is 21.3 Å². The van der Waals surface area contributed by atoms with E-state index in [0.717, 1.165) is 56.3 Å². The van der Waals surface area contributed by atoms with Gasteiger partial charge in [0, 0.05) is 50.1 Å². The lowest BCUT2D eigenvalue weighted by molar-refractivity contribution is -0.149. The molecule has 4 atom stereocenters. The average molecular weight is 647 g/mol. The number of unbranched alkanes of at least 4 members (excludes halogenated alkanes) is 1. The van der Waals surface area contributed by atoms with E-state index in [1.54, 1.807) is 31.3 Å². The van der Waals surface area contributed by atoms with E-state index in [2.05, 4.69) is 39.3 Å². The molecule has 0 spiro atoms. The minimum Gasteiger partial charge on any atom is -0.463 e. The van der Waals surface area contributed by atoms with Gasteiger partial charge in [0.25, 0.3) is 5.60 Å². The number of benzene rings is 1. The monoisotopic (exact) mass is 646 g/mol. The van der Waals surface area contributed by atoms with Gasteiger partial charge in [0.2, 0.25) is 5.78 Å². The smallest absolute Gasteiger partial charge is 0.350 e. The number of nitrogens with one attached hydrogen (secondary N) is 4. The molecule has 3 aliphatic heterocycles. The van der Waals surface area contributed by atoms with E-state index >= 15 is 0 Å². The highest BCUT2D eigenvalue weighted by Gasteiger charge is 2.85. The zero-order valence-electron chi connectivity index (χ0n) is 28.2. The van der Waals surface area contributed by atoms with Crippen LogP contribution in [0.1, 0.15) is 86.4 Å². The van der Waals surface area contributed by atoms with Crippen LogP contribution in [0.25, 0.3) is 0 Å². The number of ether oxygens (including phenoxy) is 2. The zero-order chi connectivity index (χ0) is 33.7. The van der Waals surface area contributed by atoms with Gasteiger partial charge < -0.3 is 36.5 Å². The van der Waals surface area contributed by atoms with E-state index in [9.17, 15) is 14.4 Å². The lowest BCUT2D eigenvalue weighted by Crippen LogP contribution is -2.52. The number of hydrogen-bond donors (Lipinski definition) is 5. The van der Waals surface area contributed by atoms with Crippen molar-refractivity contribution >= 4 is 23.5 Å². The summed E-state index contributed by atoms with van der Waals surface area (Å²) in [4.78, 5) is 46.5. The first-order valence-corrected chi connectivity index (χ1v) is 17.0. The van der Waals surface area contributed by atoms with Crippen LogP contribution in [-0.2, 0) is 14.3 Å². The maximum Gasteiger partial charge on any atom is 0.350 e. The second-order valence-corrected chi connectivity index (χ2v) is 13.1. The fourth-order valence-corrected chi connectivity index (χ4v) is 7.19. The molecule has 0 saturated carbocycles. The first kappa shape index (κ1) is 34.4. The van der Waals surface area contributed by atoms with E-state index in [1.807, 2.05) is 26.0 Å². The number of hydrogen-bond acceptors (Lipinski definition) is 9. The largest absolute Gasteiger partial charge is 0.463 e. The number of guanidine groups is 1. The molecule has 4 unspecified atom stereocenters. The predicted octanol–water partition coefficient (Wildman–Crippen LogP) is 3.29. The van der Waals surface area contributed by atoms with Gasteiger partial charge in [0.1, 0.15) is 0 Å². The van der Waals surface area contributed by atoms with Crippen molar-refractivity contribution < 1.29 is 23.9 Å². The number of epoxide rings is 1. The number of rotatable bonds is 14. The summed E-state index contributed by atoms with van der Waals surface area (Å²) in [5, 5.41) is 13.5. The summed E-state index contributed by atoms with van der Waals surface area (Å²) >= 11 is 0. The predicted molar refractivity (Wildman–Crippen MR) is 182 cm³/mol. The summed E-state index contributed by atoms with van der Waals surface area (Å²) in [6, 6.07) is 6.63. The van der Waals surface area contributed by atoms with Crippen LogP contribution < -0.4 is 27.0 Å². The molecule has 3 heterocycles. The first-order chi connectivity index (χ1) is 22.7. The molecular weight excluding hydrogens is 596 g/mol. The summed E-state index contributed by atoms with van der Waals surface area (Å²) < 4.78 is 12.0. The van der Waals surface area contributed by atoms with Gasteiger partial charge in [-0.1, -0.05) is 68.7 Å². The van der Waals surface area contributed by atoms with Gasteiger partial charge in [0.15, 0.2) is 17.3 Å². The Bertz CT molecular complexity index is 1490. The van der Waals surface area contributed by atoms with Crippen molar-refractivity contribution in [1.29, 1.82) is 0 Å². The summed E-state index contributed by atoms with van der Waals surface area (Å²) in [5.74, 6) is -0.284. The molecule has 0 radical (unpaired) electrons. The number of nitrogens with zero attached hydrogens (tertiary/aromatic N) is 1. The van der Waals surface area contributed by atoms with Crippen LogP contribution in [0.5, 0.6) is 0 Å². The van der Waals surface area contributed by atoms with Gasteiger partial charge in [-0.05, 0) is 50.8 Å². The topological polar surface area (TPSA) is 159 Å². The molecule has 11 heteroatoms. The molecule has 2 fully saturated rings. The molecule has 6 N–H and O–H groups in total. The quantitative estimate of drug-likeness (QED) is 0.0879. The maximum atomic E-state index is 14.1. The Kier molecular flexibility index (Phi) is 10.6. The van der Waals surface area contributed by atoms with E-state index < -0.39 is 28.5 Å². The van der Waals surface area contributed by atoms with Crippen LogP contribution in [0.4, 0.5) is 0 Å². The number of esters is 1. The number of ketones is 2. The van der Waals surface area contributed by atoms with Gasteiger partial charge in [-0.2, -0.15) is 0 Å². The van der Waals surface area contributed by atoms with Gasteiger partial charge in [-0.25, -0.2) is 4.79 Å². The lowest BCUT2D eigenvalue weighted by Gasteiger charge is -2.37. The first-order valence-electron chi connectivity index (χ1n) is 17.0. The second kappa shape index (κ2) is 14.4. The Hall–Kier alpha value is -3.96. The summed E-state index contributed by atoms with van der Waals surface area (Å²) in [7, 11) is 1.74. The van der Waals surface area contributed by atoms with Crippen molar-refractivity contribution in [2.45, 2.75) is 82.5 Å². The van der Waals surface area contributed by atoms with Gasteiger partial charge in [-0.3, -0.25) is 14.6 Å². The molecule has 0 bridgehead atoms. The lowest BCUT2D eigenvalue weighted by atomic mass is 9.72. The molecule has 1 aromatic carbocycles. The number of fused-ring (bicyclic) bond motifs is 2. The molecule has 1 aromatic rings. The van der Waals surface area contributed by atoms with Gasteiger partial charge in [0.05, 0.1) is 18.0 Å². The molecule has 47 heavy (non-hydrogen) atoms. The fraction of sp³-hybridized carbons (Fsp3) is 0.556. The van der Waals surface area contributed by atoms with Crippen LogP contribution in [-0.4, -0.2) is 80.1 Å². The Balaban J connectivity index is 1.43. The number of nitrogens with two attached hydrogens (primary N) is 1. The Labute approximate surface area is 277 Å². The van der Waals surface area contributed by atoms with Crippen molar-refractivity contribution in [3.8, 4) is 0 Å². The van der Waals surface area contributed by atoms with Crippen LogP contribution in [0, 0.1) is 5.92 Å². The van der Waals surface area contributed by atoms with E-state index in [-0.39, 0.29) is 35.9 Å². The molecule has 11 nitrogen and oxygen atoms in total. The molecule has 0 amide bonds. The number of carbonyl (C=O) groups is 3. The minimum atomic E-state index is -2.00. The number of aliphatic imine (C=N–C) groups is 1. The van der Waals surface area contributed by atoms with E-state index in [0.29, 0.717) is 31.3 Å². The number of carbonyl (C=O) groups excluding carboxylic acids is 3. The van der Waals surface area contributed by atoms with Crippen LogP contribution in [0.3, 0.4) is 0 Å². The highest BCUT2D eigenvalue weighted by Crippen LogP contribution is 2.58. The normalized spacial score (nSPS) is 28.4. The molecule has 5 rings (SSSR count). The molecule has 254 valence electrons. The van der Waals surface area contributed by atoms with Gasteiger partial charge in [-0.15, -0.1) is 0 Å². The van der Waals surface area contributed by atoms with Crippen LogP contribution in [0.15, 0.2) is 64.5 Å². The maximum absolute atomic E-state index is 14.1.